The molecule has 96 valence electrons. The van der Waals surface area contributed by atoms with Crippen LogP contribution in [0.2, 0.25) is 0 Å². The van der Waals surface area contributed by atoms with Gasteiger partial charge < -0.3 is 14.6 Å². The molecule has 0 aliphatic rings. The van der Waals surface area contributed by atoms with E-state index in [-0.39, 0.29) is 10.4 Å². The van der Waals surface area contributed by atoms with E-state index in [0.717, 1.165) is 4.68 Å². The molecule has 0 saturated carbocycles. The molecule has 0 amide bonds. The zero-order valence-electron chi connectivity index (χ0n) is 8.29. The Labute approximate surface area is 101 Å². The van der Waals surface area contributed by atoms with Gasteiger partial charge in [-0.05, 0) is 15.9 Å². The van der Waals surface area contributed by atoms with Crippen LogP contribution < -0.4 is 9.47 Å². The zero-order valence-corrected chi connectivity index (χ0v) is 9.87. The number of carbonyl (C=O) groups is 1. The molecule has 0 atom stereocenters. The SMILES string of the molecule is Cn1nc(OCC(F)(F)F)c(Br)c1OC(=O)O. The van der Waals surface area contributed by atoms with Gasteiger partial charge in [-0.15, -0.1) is 5.10 Å². The molecule has 0 aromatic carbocycles. The average Bonchev–Trinajstić information content (AvgIpc) is 2.41. The van der Waals surface area contributed by atoms with Crippen molar-refractivity contribution in [2.24, 2.45) is 7.05 Å². The third-order valence-corrected chi connectivity index (χ3v) is 2.15. The highest BCUT2D eigenvalue weighted by Gasteiger charge is 2.30. The predicted octanol–water partition coefficient (Wildman–Crippen LogP) is 2.18. The number of aryl methyl sites for hydroxylation is 1. The van der Waals surface area contributed by atoms with Crippen LogP contribution in [0.15, 0.2) is 4.47 Å². The molecule has 0 bridgehead atoms. The maximum atomic E-state index is 11.9. The average molecular weight is 319 g/mol. The van der Waals surface area contributed by atoms with E-state index in [9.17, 15) is 18.0 Å². The van der Waals surface area contributed by atoms with Gasteiger partial charge >= 0.3 is 12.3 Å². The third-order valence-electron chi connectivity index (χ3n) is 1.47. The van der Waals surface area contributed by atoms with Crippen molar-refractivity contribution in [2.45, 2.75) is 6.18 Å². The summed E-state index contributed by atoms with van der Waals surface area (Å²) in [5.41, 5.74) is 0. The van der Waals surface area contributed by atoms with Gasteiger partial charge in [-0.1, -0.05) is 0 Å². The largest absolute Gasteiger partial charge is 0.512 e. The molecule has 1 rings (SSSR count). The highest BCUT2D eigenvalue weighted by molar-refractivity contribution is 9.10. The number of hydrogen-bond acceptors (Lipinski definition) is 4. The van der Waals surface area contributed by atoms with Crippen molar-refractivity contribution in [3.8, 4) is 11.8 Å². The molecule has 0 saturated heterocycles. The van der Waals surface area contributed by atoms with E-state index in [0.29, 0.717) is 0 Å². The molecule has 10 heteroatoms. The van der Waals surface area contributed by atoms with Crippen LogP contribution in [0.25, 0.3) is 0 Å². The molecule has 0 aliphatic heterocycles. The minimum absolute atomic E-state index is 0.105. The molecule has 0 aliphatic carbocycles. The van der Waals surface area contributed by atoms with E-state index >= 15 is 0 Å². The number of ether oxygens (including phenoxy) is 2. The summed E-state index contributed by atoms with van der Waals surface area (Å²) in [6.07, 6.45) is -6.12. The first-order chi connectivity index (χ1) is 7.70. The molecule has 1 heterocycles. The minimum Gasteiger partial charge on any atom is -0.466 e. The number of aromatic nitrogens is 2. The maximum Gasteiger partial charge on any atom is 0.512 e. The lowest BCUT2D eigenvalue weighted by atomic mass is 10.6. The Morgan fingerprint density at radius 1 is 1.59 bits per heavy atom. The number of halogens is 4. The first-order valence-corrected chi connectivity index (χ1v) is 4.83. The molecule has 6 nitrogen and oxygen atoms in total. The zero-order chi connectivity index (χ0) is 13.2. The smallest absolute Gasteiger partial charge is 0.466 e. The summed E-state index contributed by atoms with van der Waals surface area (Å²) < 4.78 is 45.2. The molecule has 1 aromatic rings. The first kappa shape index (κ1) is 13.6. The number of nitrogens with zero attached hydrogens (tertiary/aromatic N) is 2. The van der Waals surface area contributed by atoms with Crippen LogP contribution in [-0.2, 0) is 7.05 Å². The lowest BCUT2D eigenvalue weighted by molar-refractivity contribution is -0.154. The molecule has 0 unspecified atom stereocenters. The van der Waals surface area contributed by atoms with Crippen LogP contribution in [0, 0.1) is 0 Å². The second-order valence-electron chi connectivity index (χ2n) is 2.82. The Morgan fingerprint density at radius 2 is 2.18 bits per heavy atom. The van der Waals surface area contributed by atoms with Crippen molar-refractivity contribution in [1.82, 2.24) is 9.78 Å². The standard InChI is InChI=1S/C7H6BrF3N2O4/c1-13-5(17-6(14)15)3(8)4(12-13)16-2-7(9,10)11/h2H2,1H3,(H,14,15). The van der Waals surface area contributed by atoms with E-state index in [1.807, 2.05) is 0 Å². The second-order valence-corrected chi connectivity index (χ2v) is 3.61. The van der Waals surface area contributed by atoms with Gasteiger partial charge in [0.2, 0.25) is 5.88 Å². The molecule has 0 fully saturated rings. The quantitative estimate of drug-likeness (QED) is 0.865. The van der Waals surface area contributed by atoms with Gasteiger partial charge in [0.05, 0.1) is 0 Å². The monoisotopic (exact) mass is 318 g/mol. The molecular formula is C7H6BrF3N2O4. The Balaban J connectivity index is 2.85. The van der Waals surface area contributed by atoms with Crippen LogP contribution in [0.1, 0.15) is 0 Å². The molecule has 1 N–H and O–H groups in total. The van der Waals surface area contributed by atoms with Crippen LogP contribution in [-0.4, -0.2) is 33.8 Å². The van der Waals surface area contributed by atoms with Gasteiger partial charge in [-0.2, -0.15) is 13.2 Å². The summed E-state index contributed by atoms with van der Waals surface area (Å²) in [7, 11) is 1.30. The van der Waals surface area contributed by atoms with Crippen molar-refractivity contribution < 1.29 is 32.5 Å². The maximum absolute atomic E-state index is 11.9. The van der Waals surface area contributed by atoms with Crippen molar-refractivity contribution in [3.05, 3.63) is 4.47 Å². The van der Waals surface area contributed by atoms with E-state index in [2.05, 4.69) is 30.5 Å². The Bertz CT molecular complexity index is 431. The summed E-state index contributed by atoms with van der Waals surface area (Å²) in [5.74, 6) is -0.671. The lowest BCUT2D eigenvalue weighted by Crippen LogP contribution is -2.19. The van der Waals surface area contributed by atoms with Crippen molar-refractivity contribution in [2.75, 3.05) is 6.61 Å². The van der Waals surface area contributed by atoms with E-state index in [1.165, 1.54) is 7.05 Å². The third kappa shape index (κ3) is 3.80. The second kappa shape index (κ2) is 4.82. The summed E-state index contributed by atoms with van der Waals surface area (Å²) in [4.78, 5) is 10.3. The van der Waals surface area contributed by atoms with E-state index < -0.39 is 24.8 Å². The fourth-order valence-corrected chi connectivity index (χ4v) is 1.43. The van der Waals surface area contributed by atoms with E-state index in [1.54, 1.807) is 0 Å². The fraction of sp³-hybridized carbons (Fsp3) is 0.429. The normalized spacial score (nSPS) is 11.4. The van der Waals surface area contributed by atoms with Gasteiger partial charge in [-0.3, -0.25) is 0 Å². The van der Waals surface area contributed by atoms with Crippen molar-refractivity contribution >= 4 is 22.1 Å². The number of carboxylic acid groups (broad SMARTS) is 1. The van der Waals surface area contributed by atoms with Gasteiger partial charge in [0.15, 0.2) is 6.61 Å². The van der Waals surface area contributed by atoms with Gasteiger partial charge in [-0.25, -0.2) is 9.48 Å². The molecule has 0 radical (unpaired) electrons. The first-order valence-electron chi connectivity index (χ1n) is 4.03. The van der Waals surface area contributed by atoms with E-state index in [4.69, 9.17) is 5.11 Å². The van der Waals surface area contributed by atoms with Crippen LogP contribution in [0.5, 0.6) is 11.8 Å². The highest BCUT2D eigenvalue weighted by atomic mass is 79.9. The Morgan fingerprint density at radius 3 is 2.65 bits per heavy atom. The Kier molecular flexibility index (Phi) is 3.86. The van der Waals surface area contributed by atoms with Gasteiger partial charge in [0.1, 0.15) is 4.47 Å². The topological polar surface area (TPSA) is 73.6 Å². The summed E-state index contributed by atoms with van der Waals surface area (Å²) in [5, 5.41) is 11.9. The summed E-state index contributed by atoms with van der Waals surface area (Å²) in [6.45, 7) is -1.53. The Hall–Kier alpha value is -1.45. The summed E-state index contributed by atoms with van der Waals surface area (Å²) >= 11 is 2.83. The number of rotatable bonds is 3. The predicted molar refractivity (Wildman–Crippen MR) is 51.1 cm³/mol. The van der Waals surface area contributed by atoms with Gasteiger partial charge in [0, 0.05) is 7.05 Å². The fourth-order valence-electron chi connectivity index (χ4n) is 0.895. The van der Waals surface area contributed by atoms with Gasteiger partial charge in [0.25, 0.3) is 5.88 Å². The minimum atomic E-state index is -4.51. The van der Waals surface area contributed by atoms with Crippen molar-refractivity contribution in [1.29, 1.82) is 0 Å². The van der Waals surface area contributed by atoms with Crippen molar-refractivity contribution in [3.63, 3.8) is 0 Å². The van der Waals surface area contributed by atoms with Crippen LogP contribution in [0.4, 0.5) is 18.0 Å². The number of alkyl halides is 3. The summed E-state index contributed by atoms with van der Waals surface area (Å²) in [6, 6.07) is 0. The van der Waals surface area contributed by atoms with Crippen LogP contribution in [0.3, 0.4) is 0 Å². The number of hydrogen-bond donors (Lipinski definition) is 1. The molecular weight excluding hydrogens is 313 g/mol. The molecule has 1 aromatic heterocycles. The molecule has 0 spiro atoms. The lowest BCUT2D eigenvalue weighted by Gasteiger charge is -2.06. The highest BCUT2D eigenvalue weighted by Crippen LogP contribution is 2.34. The molecule has 17 heavy (non-hydrogen) atoms. The van der Waals surface area contributed by atoms with Crippen LogP contribution >= 0.6 is 15.9 Å².